The summed E-state index contributed by atoms with van der Waals surface area (Å²) in [5.41, 5.74) is 1.63. The number of rotatable bonds is 6. The quantitative estimate of drug-likeness (QED) is 0.594. The number of piperazine rings is 1. The number of ether oxygens (including phenoxy) is 1. The third kappa shape index (κ3) is 5.35. The molecule has 156 valence electrons. The molecule has 0 aliphatic carbocycles. The fraction of sp³-hybridized carbons (Fsp3) is 0.667. The van der Waals surface area contributed by atoms with Gasteiger partial charge in [0, 0.05) is 65.9 Å². The minimum absolute atomic E-state index is 0.143. The summed E-state index contributed by atoms with van der Waals surface area (Å²) < 4.78 is 20.2. The van der Waals surface area contributed by atoms with Gasteiger partial charge < -0.3 is 24.8 Å². The highest BCUT2D eigenvalue weighted by Gasteiger charge is 2.20. The first-order chi connectivity index (χ1) is 13.6. The number of halogens is 1. The zero-order valence-electron chi connectivity index (χ0n) is 17.5. The number of nitrogens with one attached hydrogen (secondary N) is 1. The average Bonchev–Trinajstić information content (AvgIpc) is 3.22. The fourth-order valence-electron chi connectivity index (χ4n) is 3.99. The van der Waals surface area contributed by atoms with Gasteiger partial charge in [-0.1, -0.05) is 13.0 Å². The van der Waals surface area contributed by atoms with Crippen molar-refractivity contribution in [3.8, 4) is 0 Å². The maximum absolute atomic E-state index is 14.7. The Labute approximate surface area is 168 Å². The van der Waals surface area contributed by atoms with Crippen molar-refractivity contribution >= 4 is 11.6 Å². The maximum Gasteiger partial charge on any atom is 0.193 e. The molecule has 6 nitrogen and oxygen atoms in total. The minimum atomic E-state index is -0.143. The standard InChI is InChI=1S/C21H34FN5O/c1-4-26-8-10-27(11-9-26)20-6-5-17(13-19(20)22)14-24-21(23-2)25(3)15-18-7-12-28-16-18/h5-6,13,18H,4,7-12,14-16H2,1-3H3,(H,23,24). The van der Waals surface area contributed by atoms with Crippen LogP contribution in [-0.2, 0) is 11.3 Å². The topological polar surface area (TPSA) is 43.3 Å². The maximum atomic E-state index is 14.7. The van der Waals surface area contributed by atoms with Crippen LogP contribution >= 0.6 is 0 Å². The van der Waals surface area contributed by atoms with E-state index in [4.69, 9.17) is 4.74 Å². The minimum Gasteiger partial charge on any atom is -0.381 e. The smallest absolute Gasteiger partial charge is 0.193 e. The summed E-state index contributed by atoms with van der Waals surface area (Å²) in [6.07, 6.45) is 1.10. The molecule has 2 fully saturated rings. The van der Waals surface area contributed by atoms with Gasteiger partial charge in [0.25, 0.3) is 0 Å². The van der Waals surface area contributed by atoms with Gasteiger partial charge >= 0.3 is 0 Å². The van der Waals surface area contributed by atoms with Gasteiger partial charge in [-0.2, -0.15) is 0 Å². The van der Waals surface area contributed by atoms with Crippen molar-refractivity contribution in [3.05, 3.63) is 29.6 Å². The fourth-order valence-corrected chi connectivity index (χ4v) is 3.99. The third-order valence-electron chi connectivity index (χ3n) is 5.75. The lowest BCUT2D eigenvalue weighted by molar-refractivity contribution is 0.181. The van der Waals surface area contributed by atoms with Gasteiger partial charge in [0.1, 0.15) is 5.82 Å². The molecule has 2 aliphatic heterocycles. The van der Waals surface area contributed by atoms with Crippen LogP contribution in [0.15, 0.2) is 23.2 Å². The highest BCUT2D eigenvalue weighted by Crippen LogP contribution is 2.22. The van der Waals surface area contributed by atoms with E-state index in [-0.39, 0.29) is 5.82 Å². The Balaban J connectivity index is 1.53. The number of hydrogen-bond donors (Lipinski definition) is 1. The lowest BCUT2D eigenvalue weighted by atomic mass is 10.1. The van der Waals surface area contributed by atoms with Crippen molar-refractivity contribution in [3.63, 3.8) is 0 Å². The molecule has 2 aliphatic rings. The molecule has 0 amide bonds. The molecule has 0 aromatic heterocycles. The van der Waals surface area contributed by atoms with Crippen LogP contribution in [0.25, 0.3) is 0 Å². The van der Waals surface area contributed by atoms with Crippen molar-refractivity contribution in [2.24, 2.45) is 10.9 Å². The van der Waals surface area contributed by atoms with Gasteiger partial charge in [0.15, 0.2) is 5.96 Å². The van der Waals surface area contributed by atoms with Crippen LogP contribution in [0.4, 0.5) is 10.1 Å². The molecule has 0 bridgehead atoms. The summed E-state index contributed by atoms with van der Waals surface area (Å²) in [6, 6.07) is 5.57. The summed E-state index contributed by atoms with van der Waals surface area (Å²) in [7, 11) is 3.82. The second-order valence-electron chi connectivity index (χ2n) is 7.72. The van der Waals surface area contributed by atoms with Crippen LogP contribution in [0.1, 0.15) is 18.9 Å². The first-order valence-corrected chi connectivity index (χ1v) is 10.4. The van der Waals surface area contributed by atoms with Gasteiger partial charge in [-0.05, 0) is 30.7 Å². The van der Waals surface area contributed by atoms with Crippen LogP contribution in [0.5, 0.6) is 0 Å². The molecule has 1 aromatic rings. The zero-order chi connectivity index (χ0) is 19.9. The Kier molecular flexibility index (Phi) is 7.50. The van der Waals surface area contributed by atoms with E-state index in [0.717, 1.165) is 70.4 Å². The van der Waals surface area contributed by atoms with Crippen LogP contribution in [-0.4, -0.2) is 82.3 Å². The molecule has 1 aromatic carbocycles. The Hall–Kier alpha value is -1.86. The Morgan fingerprint density at radius 1 is 1.32 bits per heavy atom. The number of guanidine groups is 1. The van der Waals surface area contributed by atoms with Crippen LogP contribution < -0.4 is 10.2 Å². The van der Waals surface area contributed by atoms with Gasteiger partial charge in [-0.15, -0.1) is 0 Å². The van der Waals surface area contributed by atoms with Crippen LogP contribution in [0.3, 0.4) is 0 Å². The molecule has 28 heavy (non-hydrogen) atoms. The van der Waals surface area contributed by atoms with E-state index < -0.39 is 0 Å². The first kappa shape index (κ1) is 20.9. The molecule has 7 heteroatoms. The highest BCUT2D eigenvalue weighted by atomic mass is 19.1. The second-order valence-corrected chi connectivity index (χ2v) is 7.72. The van der Waals surface area contributed by atoms with Crippen LogP contribution in [0.2, 0.25) is 0 Å². The van der Waals surface area contributed by atoms with Gasteiger partial charge in [0.2, 0.25) is 0 Å². The van der Waals surface area contributed by atoms with E-state index >= 15 is 0 Å². The number of likely N-dealkylation sites (N-methyl/N-ethyl adjacent to an activating group) is 1. The average molecular weight is 392 g/mol. The van der Waals surface area contributed by atoms with E-state index in [0.29, 0.717) is 18.2 Å². The van der Waals surface area contributed by atoms with Crippen molar-refractivity contribution in [1.29, 1.82) is 0 Å². The van der Waals surface area contributed by atoms with Crippen LogP contribution in [0, 0.1) is 11.7 Å². The van der Waals surface area contributed by atoms with E-state index in [1.165, 1.54) is 0 Å². The predicted molar refractivity (Wildman–Crippen MR) is 112 cm³/mol. The molecule has 0 spiro atoms. The van der Waals surface area contributed by atoms with E-state index in [1.807, 2.05) is 19.2 Å². The predicted octanol–water partition coefficient (Wildman–Crippen LogP) is 2.01. The number of nitrogens with zero attached hydrogens (tertiary/aromatic N) is 4. The third-order valence-corrected chi connectivity index (χ3v) is 5.75. The normalized spacial score (nSPS) is 21.2. The Morgan fingerprint density at radius 3 is 2.71 bits per heavy atom. The summed E-state index contributed by atoms with van der Waals surface area (Å²) in [4.78, 5) is 11.0. The Morgan fingerprint density at radius 2 is 2.11 bits per heavy atom. The summed E-state index contributed by atoms with van der Waals surface area (Å²) in [5, 5.41) is 3.35. The SMILES string of the molecule is CCN1CCN(c2ccc(CNC(=NC)N(C)CC3CCOC3)cc2F)CC1. The van der Waals surface area contributed by atoms with Crippen molar-refractivity contribution in [2.45, 2.75) is 19.9 Å². The molecular formula is C21H34FN5O. The molecule has 1 N–H and O–H groups in total. The number of hydrogen-bond acceptors (Lipinski definition) is 4. The lowest BCUT2D eigenvalue weighted by Gasteiger charge is -2.35. The first-order valence-electron chi connectivity index (χ1n) is 10.4. The molecule has 3 rings (SSSR count). The van der Waals surface area contributed by atoms with Gasteiger partial charge in [-0.3, -0.25) is 4.99 Å². The largest absolute Gasteiger partial charge is 0.381 e. The highest BCUT2D eigenvalue weighted by molar-refractivity contribution is 5.79. The van der Waals surface area contributed by atoms with E-state index in [2.05, 4.69) is 31.9 Å². The molecule has 0 radical (unpaired) electrons. The molecule has 1 unspecified atom stereocenters. The summed E-state index contributed by atoms with van der Waals surface area (Å²) in [5.74, 6) is 1.23. The summed E-state index contributed by atoms with van der Waals surface area (Å²) in [6.45, 7) is 10.1. The molecule has 0 saturated carbocycles. The van der Waals surface area contributed by atoms with Crippen molar-refractivity contribution in [1.82, 2.24) is 15.1 Å². The molecule has 2 heterocycles. The van der Waals surface area contributed by atoms with Gasteiger partial charge in [0.05, 0.1) is 12.3 Å². The number of aliphatic imine (C=N–C) groups is 1. The molecule has 2 saturated heterocycles. The monoisotopic (exact) mass is 391 g/mol. The van der Waals surface area contributed by atoms with Crippen molar-refractivity contribution in [2.75, 3.05) is 71.5 Å². The van der Waals surface area contributed by atoms with E-state index in [9.17, 15) is 4.39 Å². The lowest BCUT2D eigenvalue weighted by Crippen LogP contribution is -2.46. The molecule has 1 atom stereocenters. The Bertz CT molecular complexity index is 654. The second kappa shape index (κ2) is 10.1. The van der Waals surface area contributed by atoms with Crippen molar-refractivity contribution < 1.29 is 9.13 Å². The molecular weight excluding hydrogens is 357 g/mol. The zero-order valence-corrected chi connectivity index (χ0v) is 17.5. The number of anilines is 1. The van der Waals surface area contributed by atoms with Gasteiger partial charge in [-0.25, -0.2) is 4.39 Å². The van der Waals surface area contributed by atoms with E-state index in [1.54, 1.807) is 13.1 Å². The number of benzene rings is 1. The summed E-state index contributed by atoms with van der Waals surface area (Å²) >= 11 is 0.